The molecule has 0 radical (unpaired) electrons. The standard InChI is InChI=1S/C22H28O8/c1-5-13-27-21(23)29-17-15-11-9-10-12-16(15)18(30-22(24)28-14-6-2)20(26-8-4)19(17)25-7-3/h9-12H,5-8,13-14H2,1-4H3. The molecule has 0 N–H and O–H groups in total. The molecule has 0 fully saturated rings. The fourth-order valence-corrected chi connectivity index (χ4v) is 2.68. The molecule has 0 aliphatic rings. The minimum absolute atomic E-state index is 0.131. The molecule has 0 saturated carbocycles. The van der Waals surface area contributed by atoms with Crippen molar-refractivity contribution in [2.75, 3.05) is 26.4 Å². The van der Waals surface area contributed by atoms with E-state index < -0.39 is 12.3 Å². The molecule has 0 saturated heterocycles. The Hall–Kier alpha value is -3.16. The van der Waals surface area contributed by atoms with Crippen LogP contribution in [0.15, 0.2) is 24.3 Å². The Kier molecular flexibility index (Phi) is 9.05. The van der Waals surface area contributed by atoms with Crippen molar-refractivity contribution in [1.29, 1.82) is 0 Å². The van der Waals surface area contributed by atoms with Crippen molar-refractivity contribution < 1.29 is 38.0 Å². The molecule has 0 aromatic heterocycles. The van der Waals surface area contributed by atoms with Crippen molar-refractivity contribution in [2.45, 2.75) is 40.5 Å². The fourth-order valence-electron chi connectivity index (χ4n) is 2.68. The van der Waals surface area contributed by atoms with Gasteiger partial charge in [-0.15, -0.1) is 0 Å². The van der Waals surface area contributed by atoms with E-state index >= 15 is 0 Å². The van der Waals surface area contributed by atoms with Crippen molar-refractivity contribution in [3.63, 3.8) is 0 Å². The first kappa shape index (κ1) is 23.1. The van der Waals surface area contributed by atoms with E-state index in [9.17, 15) is 9.59 Å². The van der Waals surface area contributed by atoms with Gasteiger partial charge in [-0.05, 0) is 26.7 Å². The van der Waals surface area contributed by atoms with Crippen molar-refractivity contribution in [1.82, 2.24) is 0 Å². The third kappa shape index (κ3) is 5.68. The van der Waals surface area contributed by atoms with Crippen LogP contribution in [0.1, 0.15) is 40.5 Å². The molecule has 0 aliphatic carbocycles. The van der Waals surface area contributed by atoms with E-state index in [-0.39, 0.29) is 49.4 Å². The number of carbonyl (C=O) groups is 2. The van der Waals surface area contributed by atoms with Gasteiger partial charge in [0.2, 0.25) is 11.5 Å². The highest BCUT2D eigenvalue weighted by atomic mass is 16.7. The van der Waals surface area contributed by atoms with Crippen LogP contribution >= 0.6 is 0 Å². The maximum Gasteiger partial charge on any atom is 0.513 e. The van der Waals surface area contributed by atoms with Gasteiger partial charge in [-0.2, -0.15) is 0 Å². The highest BCUT2D eigenvalue weighted by Gasteiger charge is 2.28. The van der Waals surface area contributed by atoms with E-state index in [0.717, 1.165) is 0 Å². The van der Waals surface area contributed by atoms with Gasteiger partial charge in [-0.3, -0.25) is 0 Å². The van der Waals surface area contributed by atoms with Crippen molar-refractivity contribution in [3.05, 3.63) is 24.3 Å². The van der Waals surface area contributed by atoms with Crippen LogP contribution in [0.4, 0.5) is 9.59 Å². The summed E-state index contributed by atoms with van der Waals surface area (Å²) in [5.74, 6) is 0.548. The van der Waals surface area contributed by atoms with E-state index in [1.807, 2.05) is 13.8 Å². The van der Waals surface area contributed by atoms with E-state index in [2.05, 4.69) is 0 Å². The molecule has 0 heterocycles. The number of fused-ring (bicyclic) bond motifs is 1. The van der Waals surface area contributed by atoms with Crippen LogP contribution < -0.4 is 18.9 Å². The highest BCUT2D eigenvalue weighted by molar-refractivity contribution is 6.00. The van der Waals surface area contributed by atoms with Crippen LogP contribution in [0.3, 0.4) is 0 Å². The number of hydrogen-bond donors (Lipinski definition) is 0. The van der Waals surface area contributed by atoms with Gasteiger partial charge in [0.15, 0.2) is 11.5 Å². The van der Waals surface area contributed by atoms with Crippen molar-refractivity contribution in [2.24, 2.45) is 0 Å². The zero-order chi connectivity index (χ0) is 21.9. The number of carbonyl (C=O) groups excluding carboxylic acids is 2. The zero-order valence-electron chi connectivity index (χ0n) is 17.8. The van der Waals surface area contributed by atoms with Gasteiger partial charge in [-0.1, -0.05) is 38.1 Å². The average Bonchev–Trinajstić information content (AvgIpc) is 2.75. The minimum atomic E-state index is -0.860. The largest absolute Gasteiger partial charge is 0.513 e. The number of benzene rings is 2. The Bertz CT molecular complexity index is 791. The number of hydrogen-bond acceptors (Lipinski definition) is 8. The summed E-state index contributed by atoms with van der Waals surface area (Å²) < 4.78 is 32.6. The van der Waals surface area contributed by atoms with E-state index in [1.54, 1.807) is 38.1 Å². The molecule has 8 nitrogen and oxygen atoms in total. The molecule has 2 aromatic rings. The van der Waals surface area contributed by atoms with Crippen LogP contribution in [0.25, 0.3) is 10.8 Å². The lowest BCUT2D eigenvalue weighted by atomic mass is 10.1. The lowest BCUT2D eigenvalue weighted by Gasteiger charge is -2.20. The van der Waals surface area contributed by atoms with Crippen LogP contribution in [-0.4, -0.2) is 38.7 Å². The minimum Gasteiger partial charge on any atom is -0.487 e. The number of ether oxygens (including phenoxy) is 6. The van der Waals surface area contributed by atoms with Gasteiger partial charge in [-0.25, -0.2) is 9.59 Å². The smallest absolute Gasteiger partial charge is 0.487 e. The SMILES string of the molecule is CCCOC(=O)Oc1c(OCC)c(OCC)c(OC(=O)OCCC)c2ccccc12. The fraction of sp³-hybridized carbons (Fsp3) is 0.455. The second-order valence-electron chi connectivity index (χ2n) is 6.13. The maximum absolute atomic E-state index is 12.2. The Morgan fingerprint density at radius 1 is 0.667 bits per heavy atom. The summed E-state index contributed by atoms with van der Waals surface area (Å²) in [5.41, 5.74) is 0. The third-order valence-electron chi connectivity index (χ3n) is 3.83. The third-order valence-corrected chi connectivity index (χ3v) is 3.83. The summed E-state index contributed by atoms with van der Waals surface area (Å²) in [4.78, 5) is 24.4. The van der Waals surface area contributed by atoms with Crippen LogP contribution in [-0.2, 0) is 9.47 Å². The first-order chi connectivity index (χ1) is 14.6. The average molecular weight is 420 g/mol. The quantitative estimate of drug-likeness (QED) is 0.368. The molecule has 0 bridgehead atoms. The predicted octanol–water partition coefficient (Wildman–Crippen LogP) is 5.49. The molecule has 0 amide bonds. The first-order valence-electron chi connectivity index (χ1n) is 10.1. The van der Waals surface area contributed by atoms with Crippen LogP contribution in [0.5, 0.6) is 23.0 Å². The monoisotopic (exact) mass is 420 g/mol. The summed E-state index contributed by atoms with van der Waals surface area (Å²) in [6.45, 7) is 8.29. The molecule has 0 atom stereocenters. The molecule has 164 valence electrons. The summed E-state index contributed by atoms with van der Waals surface area (Å²) in [7, 11) is 0. The number of rotatable bonds is 10. The molecule has 2 rings (SSSR count). The van der Waals surface area contributed by atoms with Crippen molar-refractivity contribution in [3.8, 4) is 23.0 Å². The second-order valence-corrected chi connectivity index (χ2v) is 6.13. The normalized spacial score (nSPS) is 10.4. The lowest BCUT2D eigenvalue weighted by Crippen LogP contribution is -2.15. The Balaban J connectivity index is 2.64. The van der Waals surface area contributed by atoms with Gasteiger partial charge in [0.1, 0.15) is 0 Å². The van der Waals surface area contributed by atoms with E-state index in [1.165, 1.54) is 0 Å². The molecular weight excluding hydrogens is 392 g/mol. The first-order valence-corrected chi connectivity index (χ1v) is 10.1. The molecule has 30 heavy (non-hydrogen) atoms. The van der Waals surface area contributed by atoms with Gasteiger partial charge in [0.25, 0.3) is 0 Å². The topological polar surface area (TPSA) is 89.5 Å². The molecule has 2 aromatic carbocycles. The zero-order valence-corrected chi connectivity index (χ0v) is 17.8. The summed E-state index contributed by atoms with van der Waals surface area (Å²) in [5, 5.41) is 0.993. The van der Waals surface area contributed by atoms with Gasteiger partial charge >= 0.3 is 12.3 Å². The molecule has 8 heteroatoms. The Labute approximate surface area is 175 Å². The highest BCUT2D eigenvalue weighted by Crippen LogP contribution is 2.51. The molecular formula is C22H28O8. The summed E-state index contributed by atoms with van der Waals surface area (Å²) in [6.07, 6.45) is -0.404. The Morgan fingerprint density at radius 2 is 1.07 bits per heavy atom. The van der Waals surface area contributed by atoms with Crippen molar-refractivity contribution >= 4 is 23.1 Å². The lowest BCUT2D eigenvalue weighted by molar-refractivity contribution is 0.0951. The van der Waals surface area contributed by atoms with E-state index in [4.69, 9.17) is 28.4 Å². The second kappa shape index (κ2) is 11.7. The van der Waals surface area contributed by atoms with E-state index in [0.29, 0.717) is 23.6 Å². The summed E-state index contributed by atoms with van der Waals surface area (Å²) in [6, 6.07) is 6.98. The molecule has 0 unspecified atom stereocenters. The predicted molar refractivity (Wildman–Crippen MR) is 111 cm³/mol. The van der Waals surface area contributed by atoms with Gasteiger partial charge in [0.05, 0.1) is 26.4 Å². The van der Waals surface area contributed by atoms with Crippen LogP contribution in [0, 0.1) is 0 Å². The summed E-state index contributed by atoms with van der Waals surface area (Å²) >= 11 is 0. The van der Waals surface area contributed by atoms with Crippen LogP contribution in [0.2, 0.25) is 0 Å². The van der Waals surface area contributed by atoms with Gasteiger partial charge < -0.3 is 28.4 Å². The molecule has 0 spiro atoms. The Morgan fingerprint density at radius 3 is 1.40 bits per heavy atom. The van der Waals surface area contributed by atoms with Gasteiger partial charge in [0, 0.05) is 10.8 Å². The molecule has 0 aliphatic heterocycles. The maximum atomic E-state index is 12.2.